The van der Waals surface area contributed by atoms with E-state index in [1.165, 1.54) is 32.1 Å². The van der Waals surface area contributed by atoms with E-state index in [2.05, 4.69) is 25.5 Å². The van der Waals surface area contributed by atoms with Gasteiger partial charge in [0.1, 0.15) is 5.69 Å². The maximum atomic E-state index is 9.80. The third-order valence-electron chi connectivity index (χ3n) is 5.28. The van der Waals surface area contributed by atoms with Crippen LogP contribution < -0.4 is 5.32 Å². The van der Waals surface area contributed by atoms with Crippen molar-refractivity contribution in [2.75, 3.05) is 5.32 Å². The molecule has 7 heteroatoms. The van der Waals surface area contributed by atoms with E-state index in [9.17, 15) is 5.11 Å². The van der Waals surface area contributed by atoms with Crippen molar-refractivity contribution in [3.05, 3.63) is 47.7 Å². The molecule has 3 aromatic heterocycles. The van der Waals surface area contributed by atoms with E-state index in [0.29, 0.717) is 23.1 Å². The maximum absolute atomic E-state index is 9.80. The molecular formula is C21H26N6O. The van der Waals surface area contributed by atoms with Crippen LogP contribution in [0.5, 0.6) is 0 Å². The number of aliphatic hydroxyl groups excluding tert-OH is 1. The highest BCUT2D eigenvalue weighted by Gasteiger charge is 2.16. The highest BCUT2D eigenvalue weighted by Crippen LogP contribution is 2.25. The number of imidazole rings is 1. The van der Waals surface area contributed by atoms with Crippen molar-refractivity contribution in [3.8, 4) is 17.1 Å². The standard InChI is InChI=1S/C21H26N6O/c1-14-10-18(25-26-21(14)23-16-6-4-3-5-7-16)17-8-9-20(19(12-28)24-17)27-11-15(2)22-13-27/h8-11,13,16,28H,3-7,12H2,1-2H3,(H,23,26). The van der Waals surface area contributed by atoms with Gasteiger partial charge in [0.25, 0.3) is 0 Å². The van der Waals surface area contributed by atoms with Gasteiger partial charge in [0.05, 0.1) is 35.7 Å². The molecule has 1 fully saturated rings. The Bertz CT molecular complexity index is 961. The molecule has 4 rings (SSSR count). The minimum Gasteiger partial charge on any atom is -0.390 e. The monoisotopic (exact) mass is 378 g/mol. The zero-order valence-electron chi connectivity index (χ0n) is 16.4. The summed E-state index contributed by atoms with van der Waals surface area (Å²) in [5, 5.41) is 22.1. The SMILES string of the molecule is Cc1cn(-c2ccc(-c3cc(C)c(NC4CCCCC4)nn3)nc2CO)cn1. The molecule has 1 saturated carbocycles. The molecule has 3 aromatic rings. The van der Waals surface area contributed by atoms with E-state index < -0.39 is 0 Å². The molecule has 0 aromatic carbocycles. The molecule has 1 aliphatic rings. The summed E-state index contributed by atoms with van der Waals surface area (Å²) < 4.78 is 1.87. The second-order valence-corrected chi connectivity index (χ2v) is 7.48. The minimum atomic E-state index is -0.159. The Balaban J connectivity index is 1.59. The van der Waals surface area contributed by atoms with E-state index >= 15 is 0 Å². The quantitative estimate of drug-likeness (QED) is 0.705. The normalized spacial score (nSPS) is 15.0. The van der Waals surface area contributed by atoms with Crippen LogP contribution in [0.4, 0.5) is 5.82 Å². The molecule has 0 radical (unpaired) electrons. The van der Waals surface area contributed by atoms with E-state index in [1.807, 2.05) is 42.8 Å². The Morgan fingerprint density at radius 3 is 2.61 bits per heavy atom. The van der Waals surface area contributed by atoms with Gasteiger partial charge in [-0.2, -0.15) is 0 Å². The third-order valence-corrected chi connectivity index (χ3v) is 5.28. The molecule has 1 aliphatic carbocycles. The topological polar surface area (TPSA) is 88.8 Å². The summed E-state index contributed by atoms with van der Waals surface area (Å²) in [5.41, 5.74) is 4.76. The first-order chi connectivity index (χ1) is 13.6. The molecule has 146 valence electrons. The molecule has 28 heavy (non-hydrogen) atoms. The lowest BCUT2D eigenvalue weighted by Crippen LogP contribution is -2.23. The molecule has 0 bridgehead atoms. The number of pyridine rings is 1. The fourth-order valence-corrected chi connectivity index (χ4v) is 3.73. The van der Waals surface area contributed by atoms with E-state index in [4.69, 9.17) is 0 Å². The second-order valence-electron chi connectivity index (χ2n) is 7.48. The Labute approximate surface area is 164 Å². The molecule has 0 aliphatic heterocycles. The first-order valence-electron chi connectivity index (χ1n) is 9.87. The van der Waals surface area contributed by atoms with E-state index in [0.717, 1.165) is 22.8 Å². The average molecular weight is 378 g/mol. The van der Waals surface area contributed by atoms with Crippen LogP contribution in [-0.2, 0) is 6.61 Å². The first kappa shape index (κ1) is 18.6. The number of aliphatic hydroxyl groups is 1. The summed E-state index contributed by atoms with van der Waals surface area (Å²) in [6.45, 7) is 3.81. The molecule has 0 saturated heterocycles. The fraction of sp³-hybridized carbons (Fsp3) is 0.429. The molecular weight excluding hydrogens is 352 g/mol. The van der Waals surface area contributed by atoms with Crippen LogP contribution in [0.1, 0.15) is 49.1 Å². The van der Waals surface area contributed by atoms with Crippen LogP contribution in [0.3, 0.4) is 0 Å². The van der Waals surface area contributed by atoms with E-state index in [1.54, 1.807) is 6.33 Å². The van der Waals surface area contributed by atoms with Crippen LogP contribution in [0.25, 0.3) is 17.1 Å². The van der Waals surface area contributed by atoms with E-state index in [-0.39, 0.29) is 6.61 Å². The van der Waals surface area contributed by atoms with Crippen molar-refractivity contribution < 1.29 is 5.11 Å². The predicted octanol–water partition coefficient (Wildman–Crippen LogP) is 3.58. The maximum Gasteiger partial charge on any atom is 0.151 e. The average Bonchev–Trinajstić information content (AvgIpc) is 3.16. The zero-order chi connectivity index (χ0) is 19.5. The van der Waals surface area contributed by atoms with Gasteiger partial charge in [0.15, 0.2) is 5.82 Å². The summed E-state index contributed by atoms with van der Waals surface area (Å²) in [6, 6.07) is 6.33. The minimum absolute atomic E-state index is 0.159. The number of aromatic nitrogens is 5. The molecule has 7 nitrogen and oxygen atoms in total. The molecule has 0 spiro atoms. The lowest BCUT2D eigenvalue weighted by Gasteiger charge is -2.23. The zero-order valence-corrected chi connectivity index (χ0v) is 16.4. The highest BCUT2D eigenvalue weighted by molar-refractivity contribution is 5.60. The van der Waals surface area contributed by atoms with Gasteiger partial charge in [-0.1, -0.05) is 19.3 Å². The van der Waals surface area contributed by atoms with Crippen LogP contribution >= 0.6 is 0 Å². The largest absolute Gasteiger partial charge is 0.390 e. The summed E-state index contributed by atoms with van der Waals surface area (Å²) in [7, 11) is 0. The smallest absolute Gasteiger partial charge is 0.151 e. The summed E-state index contributed by atoms with van der Waals surface area (Å²) in [6.07, 6.45) is 9.90. The number of nitrogens with zero attached hydrogens (tertiary/aromatic N) is 5. The van der Waals surface area contributed by atoms with Crippen LogP contribution in [-0.4, -0.2) is 35.9 Å². The lowest BCUT2D eigenvalue weighted by molar-refractivity contribution is 0.276. The Morgan fingerprint density at radius 1 is 1.11 bits per heavy atom. The van der Waals surface area contributed by atoms with Gasteiger partial charge in [-0.05, 0) is 50.5 Å². The first-order valence-corrected chi connectivity index (χ1v) is 9.87. The van der Waals surface area contributed by atoms with Crippen molar-refractivity contribution in [1.29, 1.82) is 0 Å². The van der Waals surface area contributed by atoms with Crippen LogP contribution in [0.2, 0.25) is 0 Å². The van der Waals surface area contributed by atoms with Crippen molar-refractivity contribution in [1.82, 2.24) is 24.7 Å². The van der Waals surface area contributed by atoms with Crippen molar-refractivity contribution in [2.45, 2.75) is 58.6 Å². The Morgan fingerprint density at radius 2 is 1.93 bits per heavy atom. The number of rotatable bonds is 5. The van der Waals surface area contributed by atoms with Gasteiger partial charge in [-0.3, -0.25) is 0 Å². The van der Waals surface area contributed by atoms with Gasteiger partial charge in [0, 0.05) is 12.2 Å². The number of hydrogen-bond acceptors (Lipinski definition) is 6. The molecule has 0 atom stereocenters. The number of hydrogen-bond donors (Lipinski definition) is 2. The van der Waals surface area contributed by atoms with Crippen molar-refractivity contribution in [2.24, 2.45) is 0 Å². The van der Waals surface area contributed by atoms with Crippen molar-refractivity contribution >= 4 is 5.82 Å². The van der Waals surface area contributed by atoms with Crippen LogP contribution in [0, 0.1) is 13.8 Å². The van der Waals surface area contributed by atoms with Gasteiger partial charge in [-0.25, -0.2) is 9.97 Å². The lowest BCUT2D eigenvalue weighted by atomic mass is 9.95. The Kier molecular flexibility index (Phi) is 5.34. The fourth-order valence-electron chi connectivity index (χ4n) is 3.73. The number of anilines is 1. The summed E-state index contributed by atoms with van der Waals surface area (Å²) >= 11 is 0. The van der Waals surface area contributed by atoms with Crippen molar-refractivity contribution in [3.63, 3.8) is 0 Å². The molecule has 2 N–H and O–H groups in total. The summed E-state index contributed by atoms with van der Waals surface area (Å²) in [4.78, 5) is 8.85. The van der Waals surface area contributed by atoms with Gasteiger partial charge in [-0.15, -0.1) is 10.2 Å². The summed E-state index contributed by atoms with van der Waals surface area (Å²) in [5.74, 6) is 0.851. The molecule has 0 unspecified atom stereocenters. The Hall–Kier alpha value is -2.80. The highest BCUT2D eigenvalue weighted by atomic mass is 16.3. The third kappa shape index (κ3) is 3.89. The van der Waals surface area contributed by atoms with Gasteiger partial charge in [0.2, 0.25) is 0 Å². The number of nitrogens with one attached hydrogen (secondary N) is 1. The van der Waals surface area contributed by atoms with Gasteiger partial charge < -0.3 is 15.0 Å². The van der Waals surface area contributed by atoms with Crippen LogP contribution in [0.15, 0.2) is 30.7 Å². The molecule has 3 heterocycles. The number of aryl methyl sites for hydroxylation is 2. The van der Waals surface area contributed by atoms with Gasteiger partial charge >= 0.3 is 0 Å². The second kappa shape index (κ2) is 8.06. The molecule has 0 amide bonds. The predicted molar refractivity (Wildman–Crippen MR) is 108 cm³/mol.